The van der Waals surface area contributed by atoms with Gasteiger partial charge in [0.05, 0.1) is 6.54 Å². The summed E-state index contributed by atoms with van der Waals surface area (Å²) in [5.74, 6) is 1.62. The van der Waals surface area contributed by atoms with Crippen molar-refractivity contribution in [1.82, 2.24) is 25.4 Å². The number of nitrogens with one attached hydrogen (secondary N) is 2. The van der Waals surface area contributed by atoms with E-state index in [0.29, 0.717) is 6.54 Å². The molecule has 0 atom stereocenters. The topological polar surface area (TPSA) is 67.1 Å². The van der Waals surface area contributed by atoms with Crippen molar-refractivity contribution >= 4 is 5.96 Å². The highest BCUT2D eigenvalue weighted by Gasteiger charge is 2.02. The van der Waals surface area contributed by atoms with Crippen LogP contribution in [-0.4, -0.2) is 33.8 Å². The van der Waals surface area contributed by atoms with Crippen molar-refractivity contribution in [1.29, 1.82) is 0 Å². The van der Waals surface area contributed by atoms with Crippen LogP contribution in [0.5, 0.6) is 0 Å². The zero-order valence-corrected chi connectivity index (χ0v) is 16.8. The van der Waals surface area contributed by atoms with E-state index in [0.717, 1.165) is 36.9 Å². The van der Waals surface area contributed by atoms with Crippen LogP contribution in [0, 0.1) is 13.8 Å². The van der Waals surface area contributed by atoms with Crippen molar-refractivity contribution in [2.45, 2.75) is 33.7 Å². The maximum absolute atomic E-state index is 4.71. The van der Waals surface area contributed by atoms with Crippen LogP contribution >= 0.6 is 0 Å². The summed E-state index contributed by atoms with van der Waals surface area (Å²) in [4.78, 5) is 9.07. The number of nitrogens with zero attached hydrogens (tertiary/aromatic N) is 4. The standard InChI is InChI=1S/C22H28N6/c1-4-23-22(25-10-6-19-13-17(2)12-18(3)14-19)26-16-20-7-9-24-21(15-20)28-11-5-8-27-28/h5,7-9,11-15H,4,6,10,16H2,1-3H3,(H2,23,25,26). The first-order valence-electron chi connectivity index (χ1n) is 9.68. The van der Waals surface area contributed by atoms with Gasteiger partial charge in [-0.3, -0.25) is 0 Å². The number of hydrogen-bond donors (Lipinski definition) is 2. The van der Waals surface area contributed by atoms with Crippen molar-refractivity contribution in [3.63, 3.8) is 0 Å². The van der Waals surface area contributed by atoms with E-state index in [1.54, 1.807) is 17.1 Å². The fourth-order valence-corrected chi connectivity index (χ4v) is 3.14. The minimum absolute atomic E-state index is 0.579. The average molecular weight is 377 g/mol. The number of benzene rings is 1. The largest absolute Gasteiger partial charge is 0.357 e. The molecular formula is C22H28N6. The molecule has 2 heterocycles. The second kappa shape index (κ2) is 9.69. The minimum Gasteiger partial charge on any atom is -0.357 e. The molecule has 3 aromatic rings. The molecule has 0 spiro atoms. The maximum atomic E-state index is 4.71. The fourth-order valence-electron chi connectivity index (χ4n) is 3.14. The van der Waals surface area contributed by atoms with Crippen LogP contribution in [0.4, 0.5) is 0 Å². The van der Waals surface area contributed by atoms with E-state index < -0.39 is 0 Å². The third-order valence-corrected chi connectivity index (χ3v) is 4.30. The van der Waals surface area contributed by atoms with Crippen LogP contribution in [0.1, 0.15) is 29.2 Å². The summed E-state index contributed by atoms with van der Waals surface area (Å²) in [6, 6.07) is 12.6. The lowest BCUT2D eigenvalue weighted by Gasteiger charge is -2.12. The molecule has 146 valence electrons. The van der Waals surface area contributed by atoms with E-state index in [1.807, 2.05) is 24.4 Å². The minimum atomic E-state index is 0.579. The Balaban J connectivity index is 1.60. The lowest BCUT2D eigenvalue weighted by molar-refractivity contribution is 0.797. The summed E-state index contributed by atoms with van der Waals surface area (Å²) in [6.45, 7) is 8.59. The Morgan fingerprint density at radius 3 is 2.57 bits per heavy atom. The highest BCUT2D eigenvalue weighted by molar-refractivity contribution is 5.79. The van der Waals surface area contributed by atoms with Crippen LogP contribution < -0.4 is 10.6 Å². The van der Waals surface area contributed by atoms with Crippen LogP contribution in [0.2, 0.25) is 0 Å². The SMILES string of the molecule is CCNC(=NCc1ccnc(-n2cccn2)c1)NCCc1cc(C)cc(C)c1. The van der Waals surface area contributed by atoms with E-state index in [4.69, 9.17) is 4.99 Å². The maximum Gasteiger partial charge on any atom is 0.191 e. The molecule has 2 aromatic heterocycles. The van der Waals surface area contributed by atoms with Crippen molar-refractivity contribution in [2.75, 3.05) is 13.1 Å². The molecule has 0 bridgehead atoms. The summed E-state index contributed by atoms with van der Waals surface area (Å²) < 4.78 is 1.75. The van der Waals surface area contributed by atoms with Gasteiger partial charge in [0.1, 0.15) is 0 Å². The molecule has 3 rings (SSSR count). The third-order valence-electron chi connectivity index (χ3n) is 4.30. The molecule has 0 aliphatic rings. The first-order valence-corrected chi connectivity index (χ1v) is 9.68. The lowest BCUT2D eigenvalue weighted by atomic mass is 10.1. The highest BCUT2D eigenvalue weighted by Crippen LogP contribution is 2.09. The zero-order valence-electron chi connectivity index (χ0n) is 16.8. The molecule has 0 fully saturated rings. The van der Waals surface area contributed by atoms with Gasteiger partial charge in [0.25, 0.3) is 0 Å². The van der Waals surface area contributed by atoms with Gasteiger partial charge < -0.3 is 10.6 Å². The normalized spacial score (nSPS) is 11.5. The highest BCUT2D eigenvalue weighted by atomic mass is 15.3. The van der Waals surface area contributed by atoms with Gasteiger partial charge in [0.15, 0.2) is 11.8 Å². The number of guanidine groups is 1. The van der Waals surface area contributed by atoms with Crippen molar-refractivity contribution < 1.29 is 0 Å². The monoisotopic (exact) mass is 376 g/mol. The molecule has 1 aromatic carbocycles. The van der Waals surface area contributed by atoms with Gasteiger partial charge in [-0.1, -0.05) is 29.3 Å². The van der Waals surface area contributed by atoms with E-state index in [2.05, 4.69) is 59.7 Å². The molecule has 0 amide bonds. The number of pyridine rings is 1. The Hall–Kier alpha value is -3.15. The van der Waals surface area contributed by atoms with Gasteiger partial charge in [0, 0.05) is 31.7 Å². The fraction of sp³-hybridized carbons (Fsp3) is 0.318. The van der Waals surface area contributed by atoms with Crippen LogP contribution in [0.25, 0.3) is 5.82 Å². The third kappa shape index (κ3) is 5.67. The van der Waals surface area contributed by atoms with Gasteiger partial charge >= 0.3 is 0 Å². The quantitative estimate of drug-likeness (QED) is 0.491. The number of aryl methyl sites for hydroxylation is 2. The molecule has 0 saturated heterocycles. The Morgan fingerprint density at radius 2 is 1.86 bits per heavy atom. The number of hydrogen-bond acceptors (Lipinski definition) is 3. The van der Waals surface area contributed by atoms with E-state index in [-0.39, 0.29) is 0 Å². The number of aliphatic imine (C=N–C) groups is 1. The molecular weight excluding hydrogens is 348 g/mol. The number of rotatable bonds is 7. The number of aromatic nitrogens is 3. The predicted octanol–water partition coefficient (Wildman–Crippen LogP) is 3.18. The molecule has 6 nitrogen and oxygen atoms in total. The smallest absolute Gasteiger partial charge is 0.191 e. The molecule has 0 saturated carbocycles. The summed E-state index contributed by atoms with van der Waals surface area (Å²) >= 11 is 0. The van der Waals surface area contributed by atoms with Gasteiger partial charge in [0.2, 0.25) is 0 Å². The summed E-state index contributed by atoms with van der Waals surface area (Å²) in [6.07, 6.45) is 6.39. The Morgan fingerprint density at radius 1 is 1.04 bits per heavy atom. The Kier molecular flexibility index (Phi) is 6.78. The Bertz CT molecular complexity index is 894. The van der Waals surface area contributed by atoms with Gasteiger partial charge in [-0.2, -0.15) is 5.10 Å². The van der Waals surface area contributed by atoms with Gasteiger partial charge in [-0.15, -0.1) is 0 Å². The van der Waals surface area contributed by atoms with E-state index in [9.17, 15) is 0 Å². The molecule has 2 N–H and O–H groups in total. The second-order valence-electron chi connectivity index (χ2n) is 6.84. The lowest BCUT2D eigenvalue weighted by Crippen LogP contribution is -2.38. The van der Waals surface area contributed by atoms with Crippen molar-refractivity contribution in [3.05, 3.63) is 77.2 Å². The van der Waals surface area contributed by atoms with E-state index >= 15 is 0 Å². The molecule has 0 unspecified atom stereocenters. The summed E-state index contributed by atoms with van der Waals surface area (Å²) in [7, 11) is 0. The van der Waals surface area contributed by atoms with Crippen LogP contribution in [0.3, 0.4) is 0 Å². The van der Waals surface area contributed by atoms with Crippen LogP contribution in [0.15, 0.2) is 60.0 Å². The zero-order chi connectivity index (χ0) is 19.8. The van der Waals surface area contributed by atoms with Gasteiger partial charge in [-0.05, 0) is 56.5 Å². The second-order valence-corrected chi connectivity index (χ2v) is 6.84. The van der Waals surface area contributed by atoms with Gasteiger partial charge in [-0.25, -0.2) is 14.7 Å². The summed E-state index contributed by atoms with van der Waals surface area (Å²) in [5, 5.41) is 11.0. The predicted molar refractivity (Wildman–Crippen MR) is 114 cm³/mol. The van der Waals surface area contributed by atoms with E-state index in [1.165, 1.54) is 16.7 Å². The molecule has 0 aliphatic heterocycles. The average Bonchev–Trinajstić information content (AvgIpc) is 3.20. The molecule has 0 aliphatic carbocycles. The first-order chi connectivity index (χ1) is 13.6. The Labute approximate surface area is 166 Å². The molecule has 6 heteroatoms. The van der Waals surface area contributed by atoms with Crippen molar-refractivity contribution in [2.24, 2.45) is 4.99 Å². The first kappa shape index (κ1) is 19.6. The van der Waals surface area contributed by atoms with Crippen LogP contribution in [-0.2, 0) is 13.0 Å². The molecule has 28 heavy (non-hydrogen) atoms. The molecule has 0 radical (unpaired) electrons. The summed E-state index contributed by atoms with van der Waals surface area (Å²) in [5.41, 5.74) is 5.05. The van der Waals surface area contributed by atoms with Crippen molar-refractivity contribution in [3.8, 4) is 5.82 Å².